The molecule has 39 heavy (non-hydrogen) atoms. The molecular weight excluding hydrogens is 535 g/mol. The number of nitrogens with two attached hydrogens (primary N) is 1. The van der Waals surface area contributed by atoms with Crippen LogP contribution in [0.1, 0.15) is 56.1 Å². The summed E-state index contributed by atoms with van der Waals surface area (Å²) in [5.74, 6) is 0.284. The molecule has 0 aromatic heterocycles. The third-order valence-corrected chi connectivity index (χ3v) is 8.93. The van der Waals surface area contributed by atoms with Crippen LogP contribution < -0.4 is 21.7 Å². The first-order valence-corrected chi connectivity index (χ1v) is 15.2. The van der Waals surface area contributed by atoms with Crippen molar-refractivity contribution in [2.45, 2.75) is 74.9 Å². The minimum absolute atomic E-state index is 0.282. The molecule has 3 atom stereocenters. The third-order valence-electron chi connectivity index (χ3n) is 8.36. The SMILES string of the molecule is N[C@H](C(=O)Nc1cccc(F)c1CCC1CCNC(CCCS)CCN1)C1(c2ccc(Cl)cc2)CCOCC1. The Balaban J connectivity index is 1.42. The molecule has 2 aromatic carbocycles. The fraction of sp³-hybridized carbons (Fsp3) is 0.567. The number of halogens is 2. The van der Waals surface area contributed by atoms with Crippen LogP contribution in [0.25, 0.3) is 0 Å². The van der Waals surface area contributed by atoms with Crippen molar-refractivity contribution in [3.05, 3.63) is 64.4 Å². The number of carbonyl (C=O) groups is 1. The Bertz CT molecular complexity index is 1060. The van der Waals surface area contributed by atoms with E-state index in [-0.39, 0.29) is 17.8 Å². The summed E-state index contributed by atoms with van der Waals surface area (Å²) in [5, 5.41) is 10.9. The molecule has 4 rings (SSSR count). The highest BCUT2D eigenvalue weighted by Gasteiger charge is 2.43. The molecule has 2 unspecified atom stereocenters. The normalized spacial score (nSPS) is 22.5. The van der Waals surface area contributed by atoms with E-state index < -0.39 is 11.5 Å². The van der Waals surface area contributed by atoms with Gasteiger partial charge >= 0.3 is 0 Å². The van der Waals surface area contributed by atoms with Crippen LogP contribution in [-0.4, -0.2) is 56.1 Å². The molecule has 2 heterocycles. The first-order chi connectivity index (χ1) is 18.9. The van der Waals surface area contributed by atoms with Crippen molar-refractivity contribution < 1.29 is 13.9 Å². The lowest BCUT2D eigenvalue weighted by Gasteiger charge is -2.41. The van der Waals surface area contributed by atoms with Gasteiger partial charge in [0, 0.05) is 47.0 Å². The third kappa shape index (κ3) is 7.96. The Kier molecular flexibility index (Phi) is 11.5. The molecule has 2 aliphatic rings. The van der Waals surface area contributed by atoms with Gasteiger partial charge in [0.15, 0.2) is 0 Å². The van der Waals surface area contributed by atoms with Crippen LogP contribution in [0.3, 0.4) is 0 Å². The molecule has 0 radical (unpaired) electrons. The molecule has 2 fully saturated rings. The van der Waals surface area contributed by atoms with E-state index in [9.17, 15) is 4.79 Å². The van der Waals surface area contributed by atoms with E-state index in [1.54, 1.807) is 12.1 Å². The number of benzene rings is 2. The van der Waals surface area contributed by atoms with Gasteiger partial charge in [-0.05, 0) is 100 Å². The van der Waals surface area contributed by atoms with Gasteiger partial charge in [0.2, 0.25) is 5.91 Å². The Morgan fingerprint density at radius 1 is 1.10 bits per heavy atom. The van der Waals surface area contributed by atoms with Gasteiger partial charge < -0.3 is 26.4 Å². The first-order valence-electron chi connectivity index (χ1n) is 14.2. The van der Waals surface area contributed by atoms with Crippen LogP contribution in [0.15, 0.2) is 42.5 Å². The molecule has 9 heteroatoms. The molecule has 6 nitrogen and oxygen atoms in total. The molecule has 1 amide bonds. The zero-order valence-electron chi connectivity index (χ0n) is 22.6. The quantitative estimate of drug-likeness (QED) is 0.261. The Morgan fingerprint density at radius 3 is 2.44 bits per heavy atom. The second-order valence-electron chi connectivity index (χ2n) is 10.8. The zero-order valence-corrected chi connectivity index (χ0v) is 24.2. The van der Waals surface area contributed by atoms with E-state index in [1.807, 2.05) is 24.3 Å². The molecule has 2 aromatic rings. The highest BCUT2D eigenvalue weighted by molar-refractivity contribution is 7.80. The van der Waals surface area contributed by atoms with Crippen LogP contribution in [-0.2, 0) is 21.4 Å². The number of carbonyl (C=O) groups excluding carboxylic acids is 1. The zero-order chi connectivity index (χ0) is 27.7. The smallest absolute Gasteiger partial charge is 0.242 e. The Hall–Kier alpha value is -1.68. The monoisotopic (exact) mass is 576 g/mol. The molecule has 5 N–H and O–H groups in total. The first kappa shape index (κ1) is 30.3. The Morgan fingerprint density at radius 2 is 1.77 bits per heavy atom. The number of ether oxygens (including phenoxy) is 1. The number of nitrogens with one attached hydrogen (secondary N) is 3. The van der Waals surface area contributed by atoms with Gasteiger partial charge in [-0.3, -0.25) is 4.79 Å². The highest BCUT2D eigenvalue weighted by Crippen LogP contribution is 2.38. The summed E-state index contributed by atoms with van der Waals surface area (Å²) < 4.78 is 20.7. The lowest BCUT2D eigenvalue weighted by atomic mass is 9.68. The number of hydrogen-bond acceptors (Lipinski definition) is 6. The van der Waals surface area contributed by atoms with E-state index in [2.05, 4.69) is 28.6 Å². The predicted molar refractivity (Wildman–Crippen MR) is 160 cm³/mol. The summed E-state index contributed by atoms with van der Waals surface area (Å²) in [7, 11) is 0. The van der Waals surface area contributed by atoms with Gasteiger partial charge in [-0.15, -0.1) is 0 Å². The molecule has 214 valence electrons. The summed E-state index contributed by atoms with van der Waals surface area (Å²) >= 11 is 10.5. The highest BCUT2D eigenvalue weighted by atomic mass is 35.5. The van der Waals surface area contributed by atoms with Gasteiger partial charge in [0.05, 0.1) is 6.04 Å². The fourth-order valence-electron chi connectivity index (χ4n) is 5.96. The average Bonchev–Trinajstić information content (AvgIpc) is 2.93. The molecule has 2 aliphatic heterocycles. The minimum Gasteiger partial charge on any atom is -0.381 e. The maximum atomic E-state index is 15.1. The van der Waals surface area contributed by atoms with Crippen molar-refractivity contribution in [1.29, 1.82) is 0 Å². The fourth-order valence-corrected chi connectivity index (χ4v) is 6.27. The van der Waals surface area contributed by atoms with Crippen molar-refractivity contribution in [3.63, 3.8) is 0 Å². The molecule has 0 aliphatic carbocycles. The number of anilines is 1. The van der Waals surface area contributed by atoms with Gasteiger partial charge in [-0.25, -0.2) is 4.39 Å². The number of rotatable bonds is 10. The number of amides is 1. The van der Waals surface area contributed by atoms with Crippen molar-refractivity contribution >= 4 is 35.8 Å². The summed E-state index contributed by atoms with van der Waals surface area (Å²) in [6.45, 7) is 2.91. The van der Waals surface area contributed by atoms with Crippen molar-refractivity contribution in [2.75, 3.05) is 37.4 Å². The van der Waals surface area contributed by atoms with E-state index in [1.165, 1.54) is 6.07 Å². The summed E-state index contributed by atoms with van der Waals surface area (Å²) in [6.07, 6.45) is 6.85. The molecule has 0 spiro atoms. The maximum Gasteiger partial charge on any atom is 0.242 e. The van der Waals surface area contributed by atoms with E-state index in [4.69, 9.17) is 22.1 Å². The van der Waals surface area contributed by atoms with Gasteiger partial charge in [-0.1, -0.05) is 29.8 Å². The van der Waals surface area contributed by atoms with Crippen molar-refractivity contribution in [2.24, 2.45) is 5.73 Å². The summed E-state index contributed by atoms with van der Waals surface area (Å²) in [4.78, 5) is 13.6. The van der Waals surface area contributed by atoms with Gasteiger partial charge in [0.1, 0.15) is 5.82 Å². The molecular formula is C30H42ClFN4O2S. The molecule has 0 saturated carbocycles. The van der Waals surface area contributed by atoms with E-state index >= 15 is 4.39 Å². The minimum atomic E-state index is -0.826. The van der Waals surface area contributed by atoms with Gasteiger partial charge in [-0.2, -0.15) is 12.6 Å². The van der Waals surface area contributed by atoms with Crippen molar-refractivity contribution in [1.82, 2.24) is 10.6 Å². The van der Waals surface area contributed by atoms with Crippen LogP contribution in [0, 0.1) is 5.82 Å². The van der Waals surface area contributed by atoms with Crippen LogP contribution >= 0.6 is 24.2 Å². The standard InChI is InChI=1S/C30H42ClFN4O2S/c31-22-8-6-21(7-9-22)30(14-18-38-19-15-30)28(33)29(37)36-27-5-1-4-26(32)25(27)11-10-24-13-17-34-23(3-2-20-39)12-16-35-24/h1,4-9,23-24,28,34-35,39H,2-3,10-20,33H2,(H,36,37)/t23?,24?,28-/m1/s1. The van der Waals surface area contributed by atoms with Crippen LogP contribution in [0.2, 0.25) is 5.02 Å². The maximum absolute atomic E-state index is 15.1. The predicted octanol–water partition coefficient (Wildman–Crippen LogP) is 4.85. The molecule has 2 saturated heterocycles. The lowest BCUT2D eigenvalue weighted by molar-refractivity contribution is -0.120. The van der Waals surface area contributed by atoms with Crippen LogP contribution in [0.5, 0.6) is 0 Å². The number of hydrogen-bond donors (Lipinski definition) is 5. The van der Waals surface area contributed by atoms with Gasteiger partial charge in [0.25, 0.3) is 0 Å². The Labute approximate surface area is 242 Å². The van der Waals surface area contributed by atoms with E-state index in [0.717, 1.165) is 56.5 Å². The largest absolute Gasteiger partial charge is 0.381 e. The van der Waals surface area contributed by atoms with Crippen LogP contribution in [0.4, 0.5) is 10.1 Å². The van der Waals surface area contributed by atoms with E-state index in [0.29, 0.717) is 54.8 Å². The lowest BCUT2D eigenvalue weighted by Crippen LogP contribution is -2.55. The second kappa shape index (κ2) is 14.8. The van der Waals surface area contributed by atoms with Crippen molar-refractivity contribution in [3.8, 4) is 0 Å². The summed E-state index contributed by atoms with van der Waals surface area (Å²) in [5.41, 5.74) is 8.08. The summed E-state index contributed by atoms with van der Waals surface area (Å²) in [6, 6.07) is 12.4. The topological polar surface area (TPSA) is 88.4 Å². The second-order valence-corrected chi connectivity index (χ2v) is 11.7. The number of thiol groups is 1. The molecule has 0 bridgehead atoms. The average molecular weight is 577 g/mol.